The molecule has 106 valence electrons. The third-order valence-electron chi connectivity index (χ3n) is 2.71. The van der Waals surface area contributed by atoms with Crippen molar-refractivity contribution in [3.63, 3.8) is 0 Å². The van der Waals surface area contributed by atoms with Crippen LogP contribution in [0.25, 0.3) is 0 Å². The van der Waals surface area contributed by atoms with Gasteiger partial charge in [0.1, 0.15) is 11.1 Å². The molecule has 19 heavy (non-hydrogen) atoms. The van der Waals surface area contributed by atoms with E-state index >= 15 is 0 Å². The highest BCUT2D eigenvalue weighted by Gasteiger charge is 2.26. The topological polar surface area (TPSA) is 60.5 Å². The van der Waals surface area contributed by atoms with E-state index in [1.807, 2.05) is 13.8 Å². The molecule has 0 saturated carbocycles. The maximum atomic E-state index is 11.5. The van der Waals surface area contributed by atoms with Crippen LogP contribution in [0.4, 0.5) is 4.79 Å². The largest absolute Gasteiger partial charge is 0.447 e. The summed E-state index contributed by atoms with van der Waals surface area (Å²) >= 11 is 4.98. The van der Waals surface area contributed by atoms with Crippen LogP contribution in [0.3, 0.4) is 0 Å². The number of amides is 1. The molecule has 7 heteroatoms. The van der Waals surface area contributed by atoms with Crippen LogP contribution in [0.5, 0.6) is 0 Å². The molecule has 2 rings (SSSR count). The van der Waals surface area contributed by atoms with Crippen LogP contribution in [0.2, 0.25) is 0 Å². The highest BCUT2D eigenvalue weighted by molar-refractivity contribution is 9.11. The summed E-state index contributed by atoms with van der Waals surface area (Å²) in [5, 5.41) is 3.80. The van der Waals surface area contributed by atoms with Crippen LogP contribution in [-0.4, -0.2) is 29.8 Å². The second kappa shape index (κ2) is 6.67. The molecule has 1 aromatic heterocycles. The van der Waals surface area contributed by atoms with Gasteiger partial charge in [0.25, 0.3) is 0 Å². The molecule has 1 saturated heterocycles. The Bertz CT molecular complexity index is 430. The lowest BCUT2D eigenvalue weighted by Gasteiger charge is -2.28. The van der Waals surface area contributed by atoms with Gasteiger partial charge in [-0.15, -0.1) is 11.3 Å². The Balaban J connectivity index is 1.78. The van der Waals surface area contributed by atoms with E-state index in [-0.39, 0.29) is 24.3 Å². The van der Waals surface area contributed by atoms with Crippen molar-refractivity contribution in [2.45, 2.75) is 44.9 Å². The number of hydrogen-bond donors (Lipinski definition) is 1. The van der Waals surface area contributed by atoms with Gasteiger partial charge in [-0.2, -0.15) is 0 Å². The van der Waals surface area contributed by atoms with Crippen molar-refractivity contribution < 1.29 is 14.3 Å². The standard InChI is InChI=1S/C12H17BrN2O3S/c1-7(2)18-12(16)15-8-3-4-9(17-6-8)11-14-5-10(13)19-11/h5,7-9H,3-4,6H2,1-2H3,(H,15,16)/t8-,9?/m1/s1. The molecule has 0 aliphatic carbocycles. The number of alkyl carbamates (subject to hydrolysis) is 1. The van der Waals surface area contributed by atoms with Crippen molar-refractivity contribution in [3.8, 4) is 0 Å². The average molecular weight is 349 g/mol. The quantitative estimate of drug-likeness (QED) is 0.910. The van der Waals surface area contributed by atoms with E-state index in [1.165, 1.54) is 0 Å². The third-order valence-corrected chi connectivity index (χ3v) is 4.28. The fraction of sp³-hybridized carbons (Fsp3) is 0.667. The van der Waals surface area contributed by atoms with E-state index in [9.17, 15) is 4.79 Å². The highest BCUT2D eigenvalue weighted by atomic mass is 79.9. The molecular weight excluding hydrogens is 332 g/mol. The highest BCUT2D eigenvalue weighted by Crippen LogP contribution is 2.32. The van der Waals surface area contributed by atoms with Crippen molar-refractivity contribution in [2.24, 2.45) is 0 Å². The normalized spacial score (nSPS) is 23.4. The zero-order valence-corrected chi connectivity index (χ0v) is 13.3. The fourth-order valence-corrected chi connectivity index (χ4v) is 3.22. The number of thiazole rings is 1. The minimum absolute atomic E-state index is 0.0194. The number of nitrogens with zero attached hydrogens (tertiary/aromatic N) is 1. The number of carbonyl (C=O) groups excluding carboxylic acids is 1. The van der Waals surface area contributed by atoms with Crippen molar-refractivity contribution in [2.75, 3.05) is 6.61 Å². The first-order valence-electron chi connectivity index (χ1n) is 6.24. The van der Waals surface area contributed by atoms with Crippen LogP contribution in [0.15, 0.2) is 9.98 Å². The third kappa shape index (κ3) is 4.43. The Labute approximate surface area is 124 Å². The minimum atomic E-state index is -0.376. The second-order valence-corrected chi connectivity index (χ2v) is 7.14. The van der Waals surface area contributed by atoms with Gasteiger partial charge < -0.3 is 14.8 Å². The summed E-state index contributed by atoms with van der Waals surface area (Å²) in [6, 6.07) is 0.0194. The zero-order chi connectivity index (χ0) is 13.8. The smallest absolute Gasteiger partial charge is 0.407 e. The Morgan fingerprint density at radius 3 is 2.95 bits per heavy atom. The van der Waals surface area contributed by atoms with Gasteiger partial charge in [-0.05, 0) is 42.6 Å². The molecule has 0 radical (unpaired) electrons. The number of rotatable bonds is 3. The van der Waals surface area contributed by atoms with Gasteiger partial charge in [0.15, 0.2) is 0 Å². The van der Waals surface area contributed by atoms with Crippen molar-refractivity contribution in [1.29, 1.82) is 0 Å². The first kappa shape index (κ1) is 14.7. The van der Waals surface area contributed by atoms with Crippen LogP contribution in [0.1, 0.15) is 37.8 Å². The van der Waals surface area contributed by atoms with Crippen molar-refractivity contribution in [1.82, 2.24) is 10.3 Å². The molecule has 1 aliphatic heterocycles. The van der Waals surface area contributed by atoms with E-state index in [2.05, 4.69) is 26.2 Å². The van der Waals surface area contributed by atoms with Gasteiger partial charge in [0.2, 0.25) is 0 Å². The molecule has 5 nitrogen and oxygen atoms in total. The van der Waals surface area contributed by atoms with Gasteiger partial charge in [-0.1, -0.05) is 0 Å². The first-order valence-corrected chi connectivity index (χ1v) is 7.85. The molecular formula is C12H17BrN2O3S. The first-order chi connectivity index (χ1) is 9.04. The molecule has 2 atom stereocenters. The number of hydrogen-bond acceptors (Lipinski definition) is 5. The number of aromatic nitrogens is 1. The van der Waals surface area contributed by atoms with Gasteiger partial charge in [-0.25, -0.2) is 9.78 Å². The summed E-state index contributed by atoms with van der Waals surface area (Å²) in [4.78, 5) is 15.8. The molecule has 1 unspecified atom stereocenters. The molecule has 2 heterocycles. The van der Waals surface area contributed by atoms with Crippen LogP contribution >= 0.6 is 27.3 Å². The molecule has 1 aliphatic rings. The predicted molar refractivity (Wildman–Crippen MR) is 76.3 cm³/mol. The molecule has 1 amide bonds. The molecule has 1 fully saturated rings. The summed E-state index contributed by atoms with van der Waals surface area (Å²) in [5.41, 5.74) is 0. The molecule has 0 aromatic carbocycles. The van der Waals surface area contributed by atoms with Crippen LogP contribution in [0, 0.1) is 0 Å². The Morgan fingerprint density at radius 1 is 1.63 bits per heavy atom. The van der Waals surface area contributed by atoms with E-state index < -0.39 is 0 Å². The Kier molecular flexibility index (Phi) is 5.18. The lowest BCUT2D eigenvalue weighted by atomic mass is 10.1. The lowest BCUT2D eigenvalue weighted by molar-refractivity contribution is -0.00533. The number of ether oxygens (including phenoxy) is 2. The van der Waals surface area contributed by atoms with Gasteiger partial charge in [0, 0.05) is 0 Å². The van der Waals surface area contributed by atoms with Crippen LogP contribution < -0.4 is 5.32 Å². The molecule has 0 spiro atoms. The SMILES string of the molecule is CC(C)OC(=O)N[C@@H]1CCC(c2ncc(Br)s2)OC1. The molecule has 1 aromatic rings. The summed E-state index contributed by atoms with van der Waals surface area (Å²) in [6.45, 7) is 4.15. The van der Waals surface area contributed by atoms with E-state index in [0.29, 0.717) is 6.61 Å². The summed E-state index contributed by atoms with van der Waals surface area (Å²) < 4.78 is 11.8. The summed E-state index contributed by atoms with van der Waals surface area (Å²) in [5.74, 6) is 0. The lowest BCUT2D eigenvalue weighted by Crippen LogP contribution is -2.42. The van der Waals surface area contributed by atoms with E-state index in [0.717, 1.165) is 21.6 Å². The monoisotopic (exact) mass is 348 g/mol. The number of halogens is 1. The number of carbonyl (C=O) groups is 1. The second-order valence-electron chi connectivity index (χ2n) is 4.70. The van der Waals surface area contributed by atoms with Gasteiger partial charge in [-0.3, -0.25) is 0 Å². The van der Waals surface area contributed by atoms with E-state index in [4.69, 9.17) is 9.47 Å². The minimum Gasteiger partial charge on any atom is -0.447 e. The zero-order valence-electron chi connectivity index (χ0n) is 10.9. The van der Waals surface area contributed by atoms with Gasteiger partial charge in [0.05, 0.1) is 28.7 Å². The van der Waals surface area contributed by atoms with Gasteiger partial charge >= 0.3 is 6.09 Å². The molecule has 1 N–H and O–H groups in total. The fourth-order valence-electron chi connectivity index (χ4n) is 1.89. The predicted octanol–water partition coefficient (Wildman–Crippen LogP) is 3.26. The van der Waals surface area contributed by atoms with Crippen molar-refractivity contribution in [3.05, 3.63) is 15.0 Å². The summed E-state index contributed by atoms with van der Waals surface area (Å²) in [6.07, 6.45) is 3.06. The summed E-state index contributed by atoms with van der Waals surface area (Å²) in [7, 11) is 0. The van der Waals surface area contributed by atoms with Crippen LogP contribution in [-0.2, 0) is 9.47 Å². The maximum absolute atomic E-state index is 11.5. The average Bonchev–Trinajstić information content (AvgIpc) is 2.75. The van der Waals surface area contributed by atoms with E-state index in [1.54, 1.807) is 17.5 Å². The Morgan fingerprint density at radius 2 is 2.42 bits per heavy atom. The Hall–Kier alpha value is -0.660. The van der Waals surface area contributed by atoms with Crippen molar-refractivity contribution >= 4 is 33.4 Å². The molecule has 0 bridgehead atoms. The number of nitrogens with one attached hydrogen (secondary N) is 1. The maximum Gasteiger partial charge on any atom is 0.407 e.